The molecule has 6 nitrogen and oxygen atoms in total. The van der Waals surface area contributed by atoms with Crippen LogP contribution in [-0.2, 0) is 0 Å². The van der Waals surface area contributed by atoms with Crippen molar-refractivity contribution in [1.29, 1.82) is 0 Å². The Labute approximate surface area is 91.0 Å². The molecule has 1 saturated carbocycles. The Morgan fingerprint density at radius 2 is 2.44 bits per heavy atom. The molecule has 1 amide bonds. The molecule has 0 atom stereocenters. The van der Waals surface area contributed by atoms with E-state index in [9.17, 15) is 4.79 Å². The monoisotopic (exact) mass is 218 g/mol. The van der Waals surface area contributed by atoms with Crippen molar-refractivity contribution in [1.82, 2.24) is 15.4 Å². The Morgan fingerprint density at radius 1 is 1.56 bits per heavy atom. The van der Waals surface area contributed by atoms with Crippen LogP contribution in [0.2, 0.25) is 0 Å². The molecule has 1 aliphatic rings. The van der Waals surface area contributed by atoms with Gasteiger partial charge < -0.3 is 9.84 Å². The molecule has 0 spiro atoms. The third kappa shape index (κ3) is 1.69. The van der Waals surface area contributed by atoms with E-state index in [1.165, 1.54) is 6.20 Å². The normalized spacial score (nSPS) is 15.0. The fraction of sp³-hybridized carbons (Fsp3) is 0.300. The highest BCUT2D eigenvalue weighted by molar-refractivity contribution is 6.02. The number of amides is 1. The number of aromatic nitrogens is 3. The first-order valence-corrected chi connectivity index (χ1v) is 5.09. The van der Waals surface area contributed by atoms with Crippen LogP contribution in [0.25, 0.3) is 0 Å². The van der Waals surface area contributed by atoms with Gasteiger partial charge in [0, 0.05) is 18.2 Å². The summed E-state index contributed by atoms with van der Waals surface area (Å²) in [6, 6.07) is 1.70. The second-order valence-corrected chi connectivity index (χ2v) is 3.83. The predicted octanol–water partition coefficient (Wildman–Crippen LogP) is 1.53. The predicted molar refractivity (Wildman–Crippen MR) is 55.0 cm³/mol. The van der Waals surface area contributed by atoms with Gasteiger partial charge in [-0.1, -0.05) is 5.16 Å². The first-order chi connectivity index (χ1) is 7.83. The maximum atomic E-state index is 11.7. The van der Waals surface area contributed by atoms with Crippen LogP contribution in [0.3, 0.4) is 0 Å². The van der Waals surface area contributed by atoms with Crippen molar-refractivity contribution in [3.8, 4) is 0 Å². The fourth-order valence-electron chi connectivity index (χ4n) is 1.47. The second kappa shape index (κ2) is 3.48. The maximum absolute atomic E-state index is 11.7. The summed E-state index contributed by atoms with van der Waals surface area (Å²) in [6.07, 6.45) is 5.37. The van der Waals surface area contributed by atoms with E-state index in [0.717, 1.165) is 18.6 Å². The number of anilines is 1. The summed E-state index contributed by atoms with van der Waals surface area (Å²) in [5.41, 5.74) is 0.920. The molecule has 0 radical (unpaired) electrons. The van der Waals surface area contributed by atoms with E-state index < -0.39 is 0 Å². The molecule has 0 bridgehead atoms. The number of nitrogens with zero attached hydrogens (tertiary/aromatic N) is 2. The highest BCUT2D eigenvalue weighted by atomic mass is 16.5. The standard InChI is InChI=1S/C10H10N4O2/c15-10(13-7-4-11-12-5-7)8-3-9(16-14-8)6-1-2-6/h3-6H,1-2H2,(H,11,12)(H,13,15). The van der Waals surface area contributed by atoms with Gasteiger partial charge in [0.15, 0.2) is 5.69 Å². The van der Waals surface area contributed by atoms with E-state index >= 15 is 0 Å². The first-order valence-electron chi connectivity index (χ1n) is 5.09. The van der Waals surface area contributed by atoms with Gasteiger partial charge in [-0.15, -0.1) is 0 Å². The molecule has 6 heteroatoms. The minimum atomic E-state index is -0.281. The second-order valence-electron chi connectivity index (χ2n) is 3.83. The Morgan fingerprint density at radius 3 is 3.12 bits per heavy atom. The Hall–Kier alpha value is -2.11. The third-order valence-electron chi connectivity index (χ3n) is 2.50. The SMILES string of the molecule is O=C(Nc1cn[nH]c1)c1cc(C2CC2)on1. The van der Waals surface area contributed by atoms with Crippen LogP contribution in [0, 0.1) is 0 Å². The number of carbonyl (C=O) groups excluding carboxylic acids is 1. The summed E-state index contributed by atoms with van der Waals surface area (Å²) in [7, 11) is 0. The van der Waals surface area contributed by atoms with Gasteiger partial charge in [-0.2, -0.15) is 5.10 Å². The van der Waals surface area contributed by atoms with Gasteiger partial charge in [-0.25, -0.2) is 0 Å². The summed E-state index contributed by atoms with van der Waals surface area (Å²) in [6.45, 7) is 0. The topological polar surface area (TPSA) is 83.8 Å². The molecule has 3 rings (SSSR count). The molecule has 0 saturated heterocycles. The summed E-state index contributed by atoms with van der Waals surface area (Å²) in [5, 5.41) is 12.7. The largest absolute Gasteiger partial charge is 0.360 e. The number of hydrogen-bond acceptors (Lipinski definition) is 4. The van der Waals surface area contributed by atoms with Crippen molar-refractivity contribution < 1.29 is 9.32 Å². The van der Waals surface area contributed by atoms with E-state index in [1.54, 1.807) is 12.3 Å². The van der Waals surface area contributed by atoms with Crippen molar-refractivity contribution in [2.45, 2.75) is 18.8 Å². The van der Waals surface area contributed by atoms with Gasteiger partial charge in [0.25, 0.3) is 5.91 Å². The van der Waals surface area contributed by atoms with Gasteiger partial charge in [-0.3, -0.25) is 9.89 Å². The zero-order valence-electron chi connectivity index (χ0n) is 8.43. The highest BCUT2D eigenvalue weighted by Gasteiger charge is 2.28. The van der Waals surface area contributed by atoms with Crippen LogP contribution in [0.5, 0.6) is 0 Å². The Balaban J connectivity index is 1.73. The quantitative estimate of drug-likeness (QED) is 0.818. The van der Waals surface area contributed by atoms with E-state index in [4.69, 9.17) is 4.52 Å². The van der Waals surface area contributed by atoms with Crippen LogP contribution < -0.4 is 5.32 Å². The van der Waals surface area contributed by atoms with Crippen LogP contribution in [0.4, 0.5) is 5.69 Å². The molecule has 1 fully saturated rings. The lowest BCUT2D eigenvalue weighted by Crippen LogP contribution is -2.11. The average Bonchev–Trinajstić information content (AvgIpc) is 2.82. The molecule has 2 heterocycles. The van der Waals surface area contributed by atoms with E-state index in [-0.39, 0.29) is 5.91 Å². The summed E-state index contributed by atoms with van der Waals surface area (Å²) in [4.78, 5) is 11.7. The van der Waals surface area contributed by atoms with Crippen LogP contribution in [-0.4, -0.2) is 21.3 Å². The number of nitrogens with one attached hydrogen (secondary N) is 2. The molecule has 1 aliphatic carbocycles. The van der Waals surface area contributed by atoms with Crippen molar-refractivity contribution in [3.05, 3.63) is 29.9 Å². The van der Waals surface area contributed by atoms with Crippen molar-refractivity contribution in [2.75, 3.05) is 5.32 Å². The van der Waals surface area contributed by atoms with Crippen molar-refractivity contribution in [2.24, 2.45) is 0 Å². The van der Waals surface area contributed by atoms with Crippen molar-refractivity contribution >= 4 is 11.6 Å². The van der Waals surface area contributed by atoms with Crippen LogP contribution in [0.1, 0.15) is 35.0 Å². The number of carbonyl (C=O) groups is 1. The minimum Gasteiger partial charge on any atom is -0.360 e. The highest BCUT2D eigenvalue weighted by Crippen LogP contribution is 2.40. The summed E-state index contributed by atoms with van der Waals surface area (Å²) < 4.78 is 5.09. The van der Waals surface area contributed by atoms with Gasteiger partial charge in [-0.05, 0) is 12.8 Å². The lowest BCUT2D eigenvalue weighted by Gasteiger charge is -1.95. The van der Waals surface area contributed by atoms with Gasteiger partial charge in [0.1, 0.15) is 5.76 Å². The van der Waals surface area contributed by atoms with Crippen molar-refractivity contribution in [3.63, 3.8) is 0 Å². The van der Waals surface area contributed by atoms with Gasteiger partial charge in [0.2, 0.25) is 0 Å². The Bertz CT molecular complexity index is 499. The van der Waals surface area contributed by atoms with Crippen LogP contribution in [0.15, 0.2) is 23.0 Å². The van der Waals surface area contributed by atoms with E-state index in [1.807, 2.05) is 0 Å². The third-order valence-corrected chi connectivity index (χ3v) is 2.50. The van der Waals surface area contributed by atoms with E-state index in [0.29, 0.717) is 17.3 Å². The summed E-state index contributed by atoms with van der Waals surface area (Å²) >= 11 is 0. The van der Waals surface area contributed by atoms with Crippen LogP contribution >= 0.6 is 0 Å². The molecule has 16 heavy (non-hydrogen) atoms. The molecular formula is C10H10N4O2. The molecule has 0 unspecified atom stereocenters. The maximum Gasteiger partial charge on any atom is 0.277 e. The number of hydrogen-bond donors (Lipinski definition) is 2. The fourth-order valence-corrected chi connectivity index (χ4v) is 1.47. The molecule has 0 aromatic carbocycles. The molecule has 2 N–H and O–H groups in total. The number of H-pyrrole nitrogens is 1. The molecule has 82 valence electrons. The minimum absolute atomic E-state index is 0.281. The van der Waals surface area contributed by atoms with E-state index in [2.05, 4.69) is 20.7 Å². The molecule has 2 aromatic rings. The zero-order valence-corrected chi connectivity index (χ0v) is 8.43. The molecule has 2 aromatic heterocycles. The molecule has 0 aliphatic heterocycles. The average molecular weight is 218 g/mol. The van der Waals surface area contributed by atoms with Gasteiger partial charge >= 0.3 is 0 Å². The first kappa shape index (κ1) is 9.14. The zero-order chi connectivity index (χ0) is 11.0. The smallest absolute Gasteiger partial charge is 0.277 e. The number of aromatic amines is 1. The molecular weight excluding hydrogens is 208 g/mol. The lowest BCUT2D eigenvalue weighted by molar-refractivity contribution is 0.101. The lowest BCUT2D eigenvalue weighted by atomic mass is 10.3. The van der Waals surface area contributed by atoms with Gasteiger partial charge in [0.05, 0.1) is 11.9 Å². The summed E-state index contributed by atoms with van der Waals surface area (Å²) in [5.74, 6) is 0.984. The Kier molecular flexibility index (Phi) is 1.99. The number of rotatable bonds is 3.